The lowest BCUT2D eigenvalue weighted by Crippen LogP contribution is -2.37. The topological polar surface area (TPSA) is 38.0 Å². The number of hydrogen-bond donors (Lipinski definition) is 2. The molecule has 0 radical (unpaired) electrons. The van der Waals surface area contributed by atoms with E-state index in [0.29, 0.717) is 6.04 Å². The summed E-state index contributed by atoms with van der Waals surface area (Å²) in [6.45, 7) is 3.99. The van der Waals surface area contributed by atoms with E-state index in [4.69, 9.17) is 5.73 Å². The molecule has 0 aromatic heterocycles. The third-order valence-corrected chi connectivity index (χ3v) is 2.88. The average molecular weight is 220 g/mol. The number of nitrogens with one attached hydrogen (secondary N) is 1. The van der Waals surface area contributed by atoms with E-state index in [1.165, 1.54) is 24.8 Å². The van der Waals surface area contributed by atoms with Crippen LogP contribution in [0.1, 0.15) is 31.7 Å². The minimum Gasteiger partial charge on any atom is -0.329 e. The van der Waals surface area contributed by atoms with Crippen LogP contribution < -0.4 is 11.1 Å². The van der Waals surface area contributed by atoms with Crippen molar-refractivity contribution in [2.75, 3.05) is 13.1 Å². The maximum absolute atomic E-state index is 5.73. The summed E-state index contributed by atoms with van der Waals surface area (Å²) in [7, 11) is 0. The third kappa shape index (κ3) is 5.29. The van der Waals surface area contributed by atoms with Crippen LogP contribution in [0.15, 0.2) is 30.3 Å². The smallest absolute Gasteiger partial charge is 0.0190 e. The van der Waals surface area contributed by atoms with Crippen LogP contribution in [0.4, 0.5) is 0 Å². The molecule has 1 aromatic carbocycles. The quantitative estimate of drug-likeness (QED) is 0.705. The Morgan fingerprint density at radius 2 is 2.00 bits per heavy atom. The highest BCUT2D eigenvalue weighted by Crippen LogP contribution is 2.01. The van der Waals surface area contributed by atoms with Gasteiger partial charge >= 0.3 is 0 Å². The molecule has 3 N–H and O–H groups in total. The van der Waals surface area contributed by atoms with Gasteiger partial charge in [-0.1, -0.05) is 50.1 Å². The second-order valence-electron chi connectivity index (χ2n) is 4.26. The summed E-state index contributed by atoms with van der Waals surface area (Å²) in [5.74, 6) is 0. The van der Waals surface area contributed by atoms with Gasteiger partial charge in [-0.2, -0.15) is 0 Å². The zero-order valence-corrected chi connectivity index (χ0v) is 10.3. The molecule has 1 rings (SSSR count). The summed E-state index contributed by atoms with van der Waals surface area (Å²) in [5, 5.41) is 3.53. The van der Waals surface area contributed by atoms with Crippen molar-refractivity contribution in [1.82, 2.24) is 5.32 Å². The second-order valence-corrected chi connectivity index (χ2v) is 4.26. The second kappa shape index (κ2) is 8.31. The molecule has 0 bridgehead atoms. The average Bonchev–Trinajstić information content (AvgIpc) is 2.35. The fraction of sp³-hybridized carbons (Fsp3) is 0.571. The SMILES string of the molecule is CCCCC(CN)NCCc1ccccc1. The molecular formula is C14H24N2. The van der Waals surface area contributed by atoms with Crippen LogP contribution in [-0.2, 0) is 6.42 Å². The van der Waals surface area contributed by atoms with Gasteiger partial charge in [-0.25, -0.2) is 0 Å². The molecule has 0 heterocycles. The number of unbranched alkanes of at least 4 members (excludes halogenated alkanes) is 1. The lowest BCUT2D eigenvalue weighted by atomic mass is 10.1. The van der Waals surface area contributed by atoms with Gasteiger partial charge in [0.1, 0.15) is 0 Å². The van der Waals surface area contributed by atoms with E-state index in [-0.39, 0.29) is 0 Å². The molecule has 0 aliphatic rings. The molecular weight excluding hydrogens is 196 g/mol. The number of hydrogen-bond acceptors (Lipinski definition) is 2. The van der Waals surface area contributed by atoms with Crippen LogP contribution >= 0.6 is 0 Å². The molecule has 0 saturated carbocycles. The highest BCUT2D eigenvalue weighted by molar-refractivity contribution is 5.14. The first-order valence-corrected chi connectivity index (χ1v) is 6.34. The van der Waals surface area contributed by atoms with Crippen molar-refractivity contribution in [2.45, 2.75) is 38.6 Å². The Balaban J connectivity index is 2.18. The molecule has 0 spiro atoms. The van der Waals surface area contributed by atoms with E-state index in [1.807, 2.05) is 0 Å². The van der Waals surface area contributed by atoms with Gasteiger partial charge in [0.05, 0.1) is 0 Å². The Labute approximate surface area is 99.2 Å². The lowest BCUT2D eigenvalue weighted by Gasteiger charge is -2.16. The van der Waals surface area contributed by atoms with Gasteiger partial charge in [0, 0.05) is 12.6 Å². The minimum atomic E-state index is 0.490. The Kier molecular flexibility index (Phi) is 6.86. The van der Waals surface area contributed by atoms with Crippen LogP contribution in [-0.4, -0.2) is 19.1 Å². The molecule has 16 heavy (non-hydrogen) atoms. The van der Waals surface area contributed by atoms with E-state index in [9.17, 15) is 0 Å². The Morgan fingerprint density at radius 1 is 1.25 bits per heavy atom. The monoisotopic (exact) mass is 220 g/mol. The van der Waals surface area contributed by atoms with Crippen molar-refractivity contribution in [1.29, 1.82) is 0 Å². The van der Waals surface area contributed by atoms with Crippen LogP contribution in [0, 0.1) is 0 Å². The van der Waals surface area contributed by atoms with Crippen LogP contribution in [0.2, 0.25) is 0 Å². The highest BCUT2D eigenvalue weighted by Gasteiger charge is 2.04. The van der Waals surface area contributed by atoms with Crippen molar-refractivity contribution < 1.29 is 0 Å². The van der Waals surface area contributed by atoms with Gasteiger partial charge in [-0.05, 0) is 24.9 Å². The largest absolute Gasteiger partial charge is 0.329 e. The van der Waals surface area contributed by atoms with Crippen molar-refractivity contribution in [3.63, 3.8) is 0 Å². The number of rotatable bonds is 8. The molecule has 2 nitrogen and oxygen atoms in total. The number of benzene rings is 1. The molecule has 0 aliphatic heterocycles. The first-order valence-electron chi connectivity index (χ1n) is 6.34. The van der Waals surface area contributed by atoms with E-state index >= 15 is 0 Å². The zero-order valence-electron chi connectivity index (χ0n) is 10.3. The predicted octanol–water partition coefficient (Wildman–Crippen LogP) is 2.34. The first kappa shape index (κ1) is 13.2. The van der Waals surface area contributed by atoms with E-state index in [1.54, 1.807) is 0 Å². The molecule has 1 unspecified atom stereocenters. The zero-order chi connectivity index (χ0) is 11.6. The Morgan fingerprint density at radius 3 is 2.62 bits per heavy atom. The van der Waals surface area contributed by atoms with Crippen molar-refractivity contribution >= 4 is 0 Å². The summed E-state index contributed by atoms with van der Waals surface area (Å²) in [6.07, 6.45) is 4.79. The summed E-state index contributed by atoms with van der Waals surface area (Å²) >= 11 is 0. The summed E-state index contributed by atoms with van der Waals surface area (Å²) in [5.41, 5.74) is 7.12. The molecule has 2 heteroatoms. The lowest BCUT2D eigenvalue weighted by molar-refractivity contribution is 0.474. The maximum Gasteiger partial charge on any atom is 0.0190 e. The van der Waals surface area contributed by atoms with E-state index < -0.39 is 0 Å². The van der Waals surface area contributed by atoms with Gasteiger partial charge in [0.15, 0.2) is 0 Å². The van der Waals surface area contributed by atoms with E-state index in [0.717, 1.165) is 19.5 Å². The highest BCUT2D eigenvalue weighted by atomic mass is 14.9. The molecule has 0 fully saturated rings. The van der Waals surface area contributed by atoms with Gasteiger partial charge in [0.25, 0.3) is 0 Å². The standard InChI is InChI=1S/C14H24N2/c1-2-3-9-14(12-15)16-11-10-13-7-5-4-6-8-13/h4-8,14,16H,2-3,9-12,15H2,1H3. The van der Waals surface area contributed by atoms with Crippen LogP contribution in [0.3, 0.4) is 0 Å². The summed E-state index contributed by atoms with van der Waals surface area (Å²) < 4.78 is 0. The molecule has 0 saturated heterocycles. The predicted molar refractivity (Wildman–Crippen MR) is 70.5 cm³/mol. The summed E-state index contributed by atoms with van der Waals surface area (Å²) in [6, 6.07) is 11.1. The van der Waals surface area contributed by atoms with Gasteiger partial charge in [0.2, 0.25) is 0 Å². The van der Waals surface area contributed by atoms with Crippen molar-refractivity contribution in [2.24, 2.45) is 5.73 Å². The minimum absolute atomic E-state index is 0.490. The summed E-state index contributed by atoms with van der Waals surface area (Å²) in [4.78, 5) is 0. The number of nitrogens with two attached hydrogens (primary N) is 1. The fourth-order valence-corrected chi connectivity index (χ4v) is 1.82. The maximum atomic E-state index is 5.73. The van der Waals surface area contributed by atoms with E-state index in [2.05, 4.69) is 42.6 Å². The van der Waals surface area contributed by atoms with Crippen molar-refractivity contribution in [3.05, 3.63) is 35.9 Å². The van der Waals surface area contributed by atoms with Gasteiger partial charge in [-0.15, -0.1) is 0 Å². The molecule has 90 valence electrons. The normalized spacial score (nSPS) is 12.6. The van der Waals surface area contributed by atoms with Crippen LogP contribution in [0.5, 0.6) is 0 Å². The van der Waals surface area contributed by atoms with Crippen molar-refractivity contribution in [3.8, 4) is 0 Å². The Hall–Kier alpha value is -0.860. The van der Waals surface area contributed by atoms with Gasteiger partial charge < -0.3 is 11.1 Å². The van der Waals surface area contributed by atoms with Gasteiger partial charge in [-0.3, -0.25) is 0 Å². The molecule has 1 aromatic rings. The van der Waals surface area contributed by atoms with Crippen LogP contribution in [0.25, 0.3) is 0 Å². The Bertz CT molecular complexity index is 259. The molecule has 0 amide bonds. The molecule has 1 atom stereocenters. The molecule has 0 aliphatic carbocycles. The third-order valence-electron chi connectivity index (χ3n) is 2.88. The first-order chi connectivity index (χ1) is 7.86. The fourth-order valence-electron chi connectivity index (χ4n) is 1.82.